The van der Waals surface area contributed by atoms with Gasteiger partial charge in [-0.05, 0) is 68.2 Å². The van der Waals surface area contributed by atoms with Crippen LogP contribution in [0.3, 0.4) is 0 Å². The highest BCUT2D eigenvalue weighted by molar-refractivity contribution is 5.90. The van der Waals surface area contributed by atoms with Crippen molar-refractivity contribution in [2.75, 3.05) is 13.7 Å². The number of alkyl carbamates (subject to hydrolysis) is 1. The number of carbonyl (C=O) groups is 3. The van der Waals surface area contributed by atoms with E-state index < -0.39 is 30.3 Å². The van der Waals surface area contributed by atoms with Gasteiger partial charge in [-0.15, -0.1) is 0 Å². The minimum atomic E-state index is -0.855. The summed E-state index contributed by atoms with van der Waals surface area (Å²) < 4.78 is 19.2. The molecule has 3 fully saturated rings. The van der Waals surface area contributed by atoms with Gasteiger partial charge in [0.05, 0.1) is 13.7 Å². The first kappa shape index (κ1) is 29.5. The summed E-state index contributed by atoms with van der Waals surface area (Å²) in [7, 11) is 1.31. The van der Waals surface area contributed by atoms with Crippen LogP contribution < -0.4 is 15.6 Å². The zero-order valence-electron chi connectivity index (χ0n) is 25.0. The summed E-state index contributed by atoms with van der Waals surface area (Å²) >= 11 is 0. The molecule has 1 aromatic carbocycles. The van der Waals surface area contributed by atoms with Crippen molar-refractivity contribution in [1.82, 2.24) is 14.8 Å². The lowest BCUT2D eigenvalue weighted by Gasteiger charge is -2.31. The third kappa shape index (κ3) is 6.24. The summed E-state index contributed by atoms with van der Waals surface area (Å²) in [6.07, 6.45) is 9.12. The number of nitrogens with zero attached hydrogens (tertiary/aromatic N) is 2. The monoisotopic (exact) mass is 593 g/mol. The van der Waals surface area contributed by atoms with Crippen molar-refractivity contribution in [3.8, 4) is 5.88 Å². The van der Waals surface area contributed by atoms with Gasteiger partial charge in [0.25, 0.3) is 5.56 Å². The maximum Gasteiger partial charge on any atom is 0.408 e. The Hall–Kier alpha value is -3.56. The third-order valence-electron chi connectivity index (χ3n) is 10.0. The summed E-state index contributed by atoms with van der Waals surface area (Å²) in [5, 5.41) is 4.36. The largest absolute Gasteiger partial charge is 0.473 e. The highest BCUT2D eigenvalue weighted by Gasteiger charge is 2.46. The normalized spacial score (nSPS) is 29.1. The third-order valence-corrected chi connectivity index (χ3v) is 10.0. The summed E-state index contributed by atoms with van der Waals surface area (Å²) in [6.45, 7) is 0.649. The Labute approximate surface area is 252 Å². The molecule has 2 aromatic rings. The summed E-state index contributed by atoms with van der Waals surface area (Å²) in [4.78, 5) is 55.5. The van der Waals surface area contributed by atoms with Gasteiger partial charge in [-0.25, -0.2) is 9.59 Å². The Balaban J connectivity index is 1.35. The fourth-order valence-corrected chi connectivity index (χ4v) is 7.73. The van der Waals surface area contributed by atoms with E-state index in [0.29, 0.717) is 17.8 Å². The van der Waals surface area contributed by atoms with E-state index in [9.17, 15) is 19.2 Å². The number of hydrogen-bond acceptors (Lipinski definition) is 7. The van der Waals surface area contributed by atoms with Crippen LogP contribution in [0.4, 0.5) is 4.79 Å². The van der Waals surface area contributed by atoms with E-state index in [1.165, 1.54) is 12.0 Å². The van der Waals surface area contributed by atoms with Gasteiger partial charge in [-0.3, -0.25) is 14.2 Å². The van der Waals surface area contributed by atoms with Gasteiger partial charge in [0, 0.05) is 24.4 Å². The fraction of sp³-hybridized carbons (Fsp3) is 0.636. The van der Waals surface area contributed by atoms with E-state index in [-0.39, 0.29) is 42.4 Å². The van der Waals surface area contributed by atoms with Crippen LogP contribution in [0.5, 0.6) is 5.88 Å². The van der Waals surface area contributed by atoms with Crippen molar-refractivity contribution < 1.29 is 28.6 Å². The average molecular weight is 594 g/mol. The highest BCUT2D eigenvalue weighted by atomic mass is 16.6. The molecule has 2 aliphatic heterocycles. The zero-order valence-corrected chi connectivity index (χ0v) is 25.0. The lowest BCUT2D eigenvalue weighted by molar-refractivity contribution is -0.152. The molecule has 232 valence electrons. The Morgan fingerprint density at radius 2 is 1.65 bits per heavy atom. The summed E-state index contributed by atoms with van der Waals surface area (Å²) in [6, 6.07) is 7.71. The number of nitrogens with one attached hydrogen (secondary N) is 1. The second-order valence-electron chi connectivity index (χ2n) is 12.7. The van der Waals surface area contributed by atoms with Crippen LogP contribution in [0.15, 0.2) is 35.1 Å². The number of esters is 1. The Kier molecular flexibility index (Phi) is 8.90. The second-order valence-corrected chi connectivity index (χ2v) is 12.7. The highest BCUT2D eigenvalue weighted by Crippen LogP contribution is 2.34. The van der Waals surface area contributed by atoms with Crippen LogP contribution in [0.1, 0.15) is 77.0 Å². The lowest BCUT2D eigenvalue weighted by Crippen LogP contribution is -2.55. The van der Waals surface area contributed by atoms with E-state index in [1.807, 2.05) is 30.3 Å². The number of amides is 2. The molecule has 2 amide bonds. The molecule has 2 saturated carbocycles. The topological polar surface area (TPSA) is 116 Å². The standard InChI is InChI=1S/C33H43N3O7/c1-41-32(39)26-19-24-20-36(26)31(38)29(22-11-4-5-12-22)34-33(40)43-27-16-9-14-21(27)10-3-2-8-17-35-28(42-24)18-23-13-6-7-15-25(23)30(35)37/h6-7,13,15,18,21-22,24,26-27,29H,2-5,8-12,14,16-17,19-20H2,1H3,(H,34,40)/t21-,24-,26+,27-,29+/m1/s1. The van der Waals surface area contributed by atoms with Crippen molar-refractivity contribution in [2.24, 2.45) is 11.8 Å². The molecule has 4 aliphatic rings. The van der Waals surface area contributed by atoms with Gasteiger partial charge in [0.1, 0.15) is 24.3 Å². The van der Waals surface area contributed by atoms with Crippen LogP contribution in [0.2, 0.25) is 0 Å². The van der Waals surface area contributed by atoms with Gasteiger partial charge in [0.2, 0.25) is 5.91 Å². The number of pyridine rings is 1. The number of benzene rings is 1. The van der Waals surface area contributed by atoms with Gasteiger partial charge in [0.15, 0.2) is 5.88 Å². The molecule has 2 bridgehead atoms. The van der Waals surface area contributed by atoms with Gasteiger partial charge < -0.3 is 24.4 Å². The Morgan fingerprint density at radius 1 is 0.907 bits per heavy atom. The van der Waals surface area contributed by atoms with Crippen molar-refractivity contribution in [3.63, 3.8) is 0 Å². The molecule has 1 aromatic heterocycles. The first-order valence-electron chi connectivity index (χ1n) is 16.1. The maximum atomic E-state index is 14.2. The SMILES string of the molecule is COC(=O)[C@@H]1C[C@@H]2CN1C(=O)[C@H](C1CCCC1)NC(=O)O[C@@H]1CCC[C@H]1CCCCCn1c(cc3ccccc3c1=O)O2. The Morgan fingerprint density at radius 3 is 2.47 bits per heavy atom. The number of methoxy groups -OCH3 is 1. The molecule has 3 heterocycles. The molecule has 0 radical (unpaired) electrons. The number of rotatable bonds is 2. The summed E-state index contributed by atoms with van der Waals surface area (Å²) in [5.41, 5.74) is -0.105. The minimum Gasteiger partial charge on any atom is -0.473 e. The predicted molar refractivity (Wildman–Crippen MR) is 160 cm³/mol. The first-order valence-corrected chi connectivity index (χ1v) is 16.1. The number of aromatic nitrogens is 1. The number of fused-ring (bicyclic) bond motifs is 5. The van der Waals surface area contributed by atoms with E-state index >= 15 is 0 Å². The van der Waals surface area contributed by atoms with Crippen LogP contribution in [0, 0.1) is 11.8 Å². The number of hydrogen-bond donors (Lipinski definition) is 1. The molecular formula is C33H43N3O7. The van der Waals surface area contributed by atoms with E-state index in [4.69, 9.17) is 14.2 Å². The molecule has 10 heteroatoms. The van der Waals surface area contributed by atoms with Crippen molar-refractivity contribution >= 4 is 28.7 Å². The average Bonchev–Trinajstić information content (AvgIpc) is 3.78. The first-order chi connectivity index (χ1) is 20.9. The van der Waals surface area contributed by atoms with Crippen LogP contribution in [-0.4, -0.2) is 65.4 Å². The maximum absolute atomic E-state index is 14.2. The molecule has 1 N–H and O–H groups in total. The smallest absolute Gasteiger partial charge is 0.408 e. The lowest BCUT2D eigenvalue weighted by atomic mass is 9.96. The fourth-order valence-electron chi connectivity index (χ4n) is 7.73. The molecule has 0 unspecified atom stereocenters. The minimum absolute atomic E-state index is 0.0334. The van der Waals surface area contributed by atoms with E-state index in [0.717, 1.165) is 76.0 Å². The number of carbonyl (C=O) groups excluding carboxylic acids is 3. The zero-order chi connectivity index (χ0) is 29.9. The molecule has 10 nitrogen and oxygen atoms in total. The molecule has 5 atom stereocenters. The molecular weight excluding hydrogens is 550 g/mol. The van der Waals surface area contributed by atoms with E-state index in [2.05, 4.69) is 5.32 Å². The van der Waals surface area contributed by atoms with E-state index in [1.54, 1.807) is 4.57 Å². The van der Waals surface area contributed by atoms with Crippen LogP contribution in [-0.2, 0) is 25.6 Å². The molecule has 6 rings (SSSR count). The molecule has 1 saturated heterocycles. The predicted octanol–water partition coefficient (Wildman–Crippen LogP) is 4.55. The quantitative estimate of drug-likeness (QED) is 0.508. The number of ether oxygens (including phenoxy) is 3. The molecule has 43 heavy (non-hydrogen) atoms. The van der Waals surface area contributed by atoms with Gasteiger partial charge in [-0.2, -0.15) is 0 Å². The van der Waals surface area contributed by atoms with Crippen molar-refractivity contribution in [1.29, 1.82) is 0 Å². The van der Waals surface area contributed by atoms with Crippen LogP contribution in [0.25, 0.3) is 10.8 Å². The molecule has 0 spiro atoms. The van der Waals surface area contributed by atoms with Gasteiger partial charge >= 0.3 is 12.1 Å². The molecule has 2 aliphatic carbocycles. The van der Waals surface area contributed by atoms with Gasteiger partial charge in [-0.1, -0.05) is 43.9 Å². The summed E-state index contributed by atoms with van der Waals surface area (Å²) in [5.74, 6) is -0.143. The van der Waals surface area contributed by atoms with Crippen molar-refractivity contribution in [3.05, 3.63) is 40.7 Å². The van der Waals surface area contributed by atoms with Crippen molar-refractivity contribution in [2.45, 2.75) is 108 Å². The van der Waals surface area contributed by atoms with Crippen LogP contribution >= 0.6 is 0 Å². The Bertz CT molecular complexity index is 1400. The second kappa shape index (κ2) is 13.0.